The van der Waals surface area contributed by atoms with Crippen LogP contribution in [0.5, 0.6) is 0 Å². The summed E-state index contributed by atoms with van der Waals surface area (Å²) in [6, 6.07) is 11.3. The molecule has 184 valence electrons. The van der Waals surface area contributed by atoms with Crippen molar-refractivity contribution < 1.29 is 28.3 Å². The molecule has 2 aromatic carbocycles. The molecule has 4 rings (SSSR count). The van der Waals surface area contributed by atoms with Crippen LogP contribution in [0.25, 0.3) is 0 Å². The Labute approximate surface area is 203 Å². The molecule has 0 saturated carbocycles. The van der Waals surface area contributed by atoms with E-state index in [4.69, 9.17) is 4.74 Å². The normalized spacial score (nSPS) is 25.6. The van der Waals surface area contributed by atoms with Crippen molar-refractivity contribution in [1.29, 1.82) is 0 Å². The lowest BCUT2D eigenvalue weighted by Crippen LogP contribution is -2.56. The van der Waals surface area contributed by atoms with Crippen molar-refractivity contribution in [2.75, 3.05) is 11.5 Å². The Bertz CT molecular complexity index is 1160. The molecule has 0 unspecified atom stereocenters. The van der Waals surface area contributed by atoms with Gasteiger partial charge in [-0.15, -0.1) is 0 Å². The molecule has 1 N–H and O–H groups in total. The zero-order chi connectivity index (χ0) is 25.3. The van der Waals surface area contributed by atoms with Crippen molar-refractivity contribution in [3.05, 3.63) is 65.5 Å². The number of halogens is 1. The average Bonchev–Trinajstić information content (AvgIpc) is 3.32. The van der Waals surface area contributed by atoms with Crippen LogP contribution in [-0.4, -0.2) is 35.7 Å². The highest BCUT2D eigenvalue weighted by Crippen LogP contribution is 2.51. The summed E-state index contributed by atoms with van der Waals surface area (Å²) >= 11 is 0. The number of ketones is 1. The zero-order valence-corrected chi connectivity index (χ0v) is 20.0. The van der Waals surface area contributed by atoms with Gasteiger partial charge in [0, 0.05) is 11.6 Å². The van der Waals surface area contributed by atoms with E-state index in [1.165, 1.54) is 25.1 Å². The van der Waals surface area contributed by atoms with Gasteiger partial charge in [-0.05, 0) is 50.1 Å². The number of amides is 2. The van der Waals surface area contributed by atoms with E-state index >= 15 is 0 Å². The Morgan fingerprint density at radius 1 is 1.09 bits per heavy atom. The van der Waals surface area contributed by atoms with E-state index in [2.05, 4.69) is 5.32 Å². The number of benzene rings is 2. The summed E-state index contributed by atoms with van der Waals surface area (Å²) in [6.45, 7) is 5.20. The lowest BCUT2D eigenvalue weighted by molar-refractivity contribution is -0.155. The number of anilines is 1. The van der Waals surface area contributed by atoms with Crippen LogP contribution in [0.15, 0.2) is 48.5 Å². The second-order valence-electron chi connectivity index (χ2n) is 9.09. The van der Waals surface area contributed by atoms with Crippen LogP contribution < -0.4 is 10.2 Å². The fourth-order valence-corrected chi connectivity index (χ4v) is 5.31. The van der Waals surface area contributed by atoms with E-state index in [-0.39, 0.29) is 18.1 Å². The molecule has 2 aliphatic heterocycles. The fraction of sp³-hybridized carbons (Fsp3) is 0.407. The Kier molecular flexibility index (Phi) is 6.85. The number of carbonyl (C=O) groups is 4. The SMILES string of the molecule is CCCC[C@]1(C(=O)OCC)N[C@H](c2ccc(F)cc2)[C@@H]2C(=O)N(c3cccc(C(C)=O)c3)C(=O)[C@@H]21. The maximum atomic E-state index is 13.9. The van der Waals surface area contributed by atoms with Crippen LogP contribution in [-0.2, 0) is 19.1 Å². The number of hydrogen-bond donors (Lipinski definition) is 1. The average molecular weight is 481 g/mol. The van der Waals surface area contributed by atoms with Crippen LogP contribution >= 0.6 is 0 Å². The molecule has 2 aliphatic rings. The van der Waals surface area contributed by atoms with Gasteiger partial charge in [0.1, 0.15) is 11.4 Å². The number of nitrogens with zero attached hydrogens (tertiary/aromatic N) is 1. The van der Waals surface area contributed by atoms with E-state index in [0.717, 1.165) is 11.3 Å². The molecule has 0 aromatic heterocycles. The van der Waals surface area contributed by atoms with Crippen molar-refractivity contribution in [2.45, 2.75) is 51.6 Å². The van der Waals surface area contributed by atoms with Crippen molar-refractivity contribution >= 4 is 29.3 Å². The first-order valence-corrected chi connectivity index (χ1v) is 11.9. The molecule has 2 aromatic rings. The van der Waals surface area contributed by atoms with Gasteiger partial charge in [0.05, 0.1) is 24.1 Å². The van der Waals surface area contributed by atoms with E-state index in [0.29, 0.717) is 24.0 Å². The topological polar surface area (TPSA) is 92.8 Å². The molecule has 8 heteroatoms. The van der Waals surface area contributed by atoms with Crippen LogP contribution in [0.4, 0.5) is 10.1 Å². The summed E-state index contributed by atoms with van der Waals surface area (Å²) in [5.74, 6) is -4.07. The minimum Gasteiger partial charge on any atom is -0.465 e. The number of unbranched alkanes of at least 4 members (excludes halogenated alkanes) is 1. The Morgan fingerprint density at radius 2 is 1.80 bits per heavy atom. The van der Waals surface area contributed by atoms with Crippen molar-refractivity contribution in [3.63, 3.8) is 0 Å². The first-order chi connectivity index (χ1) is 16.7. The number of ether oxygens (including phenoxy) is 1. The van der Waals surface area contributed by atoms with Gasteiger partial charge in [-0.3, -0.25) is 24.5 Å². The summed E-state index contributed by atoms with van der Waals surface area (Å²) in [6.07, 6.45) is 1.71. The molecular weight excluding hydrogens is 451 g/mol. The summed E-state index contributed by atoms with van der Waals surface area (Å²) < 4.78 is 19.1. The molecule has 0 radical (unpaired) electrons. The lowest BCUT2D eigenvalue weighted by atomic mass is 9.76. The molecule has 2 saturated heterocycles. The van der Waals surface area contributed by atoms with Crippen LogP contribution in [0.2, 0.25) is 0 Å². The highest BCUT2D eigenvalue weighted by Gasteiger charge is 2.68. The fourth-order valence-electron chi connectivity index (χ4n) is 5.31. The van der Waals surface area contributed by atoms with Crippen molar-refractivity contribution in [3.8, 4) is 0 Å². The number of esters is 1. The number of imide groups is 1. The second kappa shape index (κ2) is 9.70. The Hall–Kier alpha value is -3.39. The van der Waals surface area contributed by atoms with Gasteiger partial charge in [0.25, 0.3) is 0 Å². The minimum absolute atomic E-state index is 0.125. The minimum atomic E-state index is -1.41. The van der Waals surface area contributed by atoms with E-state index in [9.17, 15) is 23.6 Å². The van der Waals surface area contributed by atoms with Gasteiger partial charge in [0.2, 0.25) is 11.8 Å². The van der Waals surface area contributed by atoms with Gasteiger partial charge < -0.3 is 4.74 Å². The van der Waals surface area contributed by atoms with E-state index in [1.807, 2.05) is 6.92 Å². The summed E-state index contributed by atoms with van der Waals surface area (Å²) in [5, 5.41) is 3.30. The molecule has 2 fully saturated rings. The molecule has 0 spiro atoms. The summed E-state index contributed by atoms with van der Waals surface area (Å²) in [4.78, 5) is 54.2. The zero-order valence-electron chi connectivity index (χ0n) is 20.0. The van der Waals surface area contributed by atoms with Crippen molar-refractivity contribution in [1.82, 2.24) is 5.32 Å². The third-order valence-electron chi connectivity index (χ3n) is 6.96. The van der Waals surface area contributed by atoms with Gasteiger partial charge in [-0.2, -0.15) is 0 Å². The lowest BCUT2D eigenvalue weighted by Gasteiger charge is -2.33. The van der Waals surface area contributed by atoms with Crippen LogP contribution in [0.3, 0.4) is 0 Å². The summed E-state index contributed by atoms with van der Waals surface area (Å²) in [5.41, 5.74) is -0.149. The first-order valence-electron chi connectivity index (χ1n) is 11.9. The predicted molar refractivity (Wildman–Crippen MR) is 127 cm³/mol. The molecule has 2 amide bonds. The number of hydrogen-bond acceptors (Lipinski definition) is 6. The molecular formula is C27H29FN2O5. The van der Waals surface area contributed by atoms with E-state index < -0.39 is 47.0 Å². The molecule has 0 bridgehead atoms. The van der Waals surface area contributed by atoms with Gasteiger partial charge in [-0.25, -0.2) is 9.29 Å². The number of carbonyl (C=O) groups excluding carboxylic acids is 4. The first kappa shape index (κ1) is 24.7. The smallest absolute Gasteiger partial charge is 0.327 e. The maximum absolute atomic E-state index is 13.9. The van der Waals surface area contributed by atoms with Gasteiger partial charge in [-0.1, -0.05) is 44.0 Å². The summed E-state index contributed by atoms with van der Waals surface area (Å²) in [7, 11) is 0. The quantitative estimate of drug-likeness (QED) is 0.349. The van der Waals surface area contributed by atoms with E-state index in [1.54, 1.807) is 37.3 Å². The molecule has 35 heavy (non-hydrogen) atoms. The molecule has 7 nitrogen and oxygen atoms in total. The standard InChI is InChI=1S/C27H29FN2O5/c1-4-6-14-27(26(34)35-5-2)22-21(23(29-27)17-10-12-19(28)13-11-17)24(32)30(25(22)33)20-9-7-8-18(15-20)16(3)31/h7-13,15,21-23,29H,4-6,14H2,1-3H3/t21-,22-,23-,27+/m1/s1. The third kappa shape index (κ3) is 4.16. The monoisotopic (exact) mass is 480 g/mol. The second-order valence-corrected chi connectivity index (χ2v) is 9.09. The van der Waals surface area contributed by atoms with Gasteiger partial charge >= 0.3 is 5.97 Å². The third-order valence-corrected chi connectivity index (χ3v) is 6.96. The van der Waals surface area contributed by atoms with Crippen LogP contribution in [0, 0.1) is 17.7 Å². The maximum Gasteiger partial charge on any atom is 0.327 e. The molecule has 2 heterocycles. The Balaban J connectivity index is 1.86. The largest absolute Gasteiger partial charge is 0.465 e. The highest BCUT2D eigenvalue weighted by molar-refractivity contribution is 6.24. The number of nitrogens with one attached hydrogen (secondary N) is 1. The van der Waals surface area contributed by atoms with Crippen molar-refractivity contribution in [2.24, 2.45) is 11.8 Å². The molecule has 0 aliphatic carbocycles. The van der Waals surface area contributed by atoms with Gasteiger partial charge in [0.15, 0.2) is 5.78 Å². The number of rotatable bonds is 8. The number of fused-ring (bicyclic) bond motifs is 1. The highest BCUT2D eigenvalue weighted by atomic mass is 19.1. The molecule has 4 atom stereocenters. The number of Topliss-reactive ketones (excluding diaryl/α,β-unsaturated/α-hetero) is 1. The predicted octanol–water partition coefficient (Wildman–Crippen LogP) is 3.97. The van der Waals surface area contributed by atoms with Crippen LogP contribution in [0.1, 0.15) is 62.0 Å². The Morgan fingerprint density at radius 3 is 2.43 bits per heavy atom.